The van der Waals surface area contributed by atoms with E-state index in [0.717, 1.165) is 16.3 Å². The first kappa shape index (κ1) is 24.4. The standard InChI is InChI=1S/C22H16ClF3N4O5/c23-15-4-2-11(8-14(15)22(24,25)26)28-21(35)27-9-10-1-3-12-13(7-10)20(34)30(19(12)33)16-5-6-17(31)29-18(16)32/h1-4,7-8,16H,5-6,9H2,(H2,27,28,35)(H,29,31,32)/p+1. The fourth-order valence-electron chi connectivity index (χ4n) is 3.88. The van der Waals surface area contributed by atoms with Crippen LogP contribution in [0.5, 0.6) is 0 Å². The van der Waals surface area contributed by atoms with E-state index in [-0.39, 0.29) is 42.1 Å². The summed E-state index contributed by atoms with van der Waals surface area (Å²) in [6.45, 7) is -0.106. The van der Waals surface area contributed by atoms with Crippen LogP contribution in [-0.4, -0.2) is 40.6 Å². The van der Waals surface area contributed by atoms with Crippen molar-refractivity contribution in [3.63, 3.8) is 0 Å². The number of quaternary nitrogens is 1. The van der Waals surface area contributed by atoms with Crippen LogP contribution in [0.3, 0.4) is 0 Å². The summed E-state index contributed by atoms with van der Waals surface area (Å²) in [7, 11) is 0. The van der Waals surface area contributed by atoms with Gasteiger partial charge in [0.25, 0.3) is 11.8 Å². The maximum Gasteiger partial charge on any atom is 0.417 e. The quantitative estimate of drug-likeness (QED) is 0.543. The van der Waals surface area contributed by atoms with Crippen molar-refractivity contribution in [1.82, 2.24) is 10.2 Å². The lowest BCUT2D eigenvalue weighted by molar-refractivity contribution is -0.495. The number of amides is 6. The molecule has 0 spiro atoms. The average molecular weight is 510 g/mol. The highest BCUT2D eigenvalue weighted by atomic mass is 35.5. The second-order valence-electron chi connectivity index (χ2n) is 7.93. The Hall–Kier alpha value is -3.77. The molecule has 2 heterocycles. The molecule has 2 aromatic rings. The molecule has 9 nitrogen and oxygen atoms in total. The Bertz CT molecular complexity index is 1280. The number of nitrogens with two attached hydrogens (primary N) is 1. The van der Waals surface area contributed by atoms with E-state index >= 15 is 0 Å². The van der Waals surface area contributed by atoms with Gasteiger partial charge in [-0.2, -0.15) is 13.2 Å². The zero-order valence-electron chi connectivity index (χ0n) is 17.7. The highest BCUT2D eigenvalue weighted by Gasteiger charge is 2.46. The fraction of sp³-hybridized carbons (Fsp3) is 0.227. The van der Waals surface area contributed by atoms with E-state index in [0.29, 0.717) is 11.6 Å². The van der Waals surface area contributed by atoms with Crippen molar-refractivity contribution in [2.24, 2.45) is 0 Å². The van der Waals surface area contributed by atoms with Gasteiger partial charge >= 0.3 is 24.0 Å². The second kappa shape index (κ2) is 9.12. The molecule has 0 aromatic heterocycles. The molecule has 0 saturated carbocycles. The number of halogens is 4. The Balaban J connectivity index is 1.43. The third-order valence-electron chi connectivity index (χ3n) is 5.57. The van der Waals surface area contributed by atoms with Gasteiger partial charge in [0.15, 0.2) is 6.04 Å². The largest absolute Gasteiger partial charge is 0.417 e. The predicted octanol–water partition coefficient (Wildman–Crippen LogP) is 2.06. The van der Waals surface area contributed by atoms with Crippen LogP contribution in [0, 0.1) is 0 Å². The number of urea groups is 1. The fourth-order valence-corrected chi connectivity index (χ4v) is 4.11. The monoisotopic (exact) mass is 509 g/mol. The zero-order valence-corrected chi connectivity index (χ0v) is 18.5. The van der Waals surface area contributed by atoms with Crippen molar-refractivity contribution < 1.29 is 42.5 Å². The molecule has 1 atom stereocenters. The minimum absolute atomic E-state index is 0.0478. The molecule has 1 saturated heterocycles. The lowest BCUT2D eigenvalue weighted by Gasteiger charge is -2.24. The molecule has 13 heteroatoms. The first-order valence-corrected chi connectivity index (χ1v) is 10.7. The van der Waals surface area contributed by atoms with Crippen molar-refractivity contribution in [2.45, 2.75) is 31.6 Å². The van der Waals surface area contributed by atoms with Gasteiger partial charge in [0, 0.05) is 12.2 Å². The summed E-state index contributed by atoms with van der Waals surface area (Å²) >= 11 is 5.56. The molecule has 2 aliphatic rings. The summed E-state index contributed by atoms with van der Waals surface area (Å²) in [5, 5.41) is 5.11. The van der Waals surface area contributed by atoms with Gasteiger partial charge < -0.3 is 10.6 Å². The maximum absolute atomic E-state index is 13.0. The van der Waals surface area contributed by atoms with E-state index in [4.69, 9.17) is 11.6 Å². The van der Waals surface area contributed by atoms with E-state index < -0.39 is 46.6 Å². The summed E-state index contributed by atoms with van der Waals surface area (Å²) in [6, 6.07) is 5.35. The number of benzene rings is 2. The SMILES string of the molecule is O=C(NCc1ccc2c(c1)C(=O)N(C1CCC(=O)[NH2+]C1=O)C2=O)Nc1ccc(Cl)c(C(F)(F)F)c1. The number of alkyl halides is 3. The number of nitrogens with one attached hydrogen (secondary N) is 2. The van der Waals surface area contributed by atoms with Crippen LogP contribution in [0.4, 0.5) is 23.7 Å². The van der Waals surface area contributed by atoms with Crippen LogP contribution in [0.2, 0.25) is 5.02 Å². The average Bonchev–Trinajstić information content (AvgIpc) is 3.03. The summed E-state index contributed by atoms with van der Waals surface area (Å²) in [5.41, 5.74) is -0.648. The van der Waals surface area contributed by atoms with Crippen molar-refractivity contribution in [3.05, 3.63) is 63.7 Å². The van der Waals surface area contributed by atoms with Gasteiger partial charge in [-0.25, -0.2) is 19.7 Å². The molecular weight excluding hydrogens is 493 g/mol. The number of carbonyl (C=O) groups is 5. The number of piperidine rings is 1. The zero-order chi connectivity index (χ0) is 25.5. The molecule has 0 bridgehead atoms. The highest BCUT2D eigenvalue weighted by Crippen LogP contribution is 2.36. The van der Waals surface area contributed by atoms with Gasteiger partial charge in [0.05, 0.1) is 28.1 Å². The van der Waals surface area contributed by atoms with E-state index in [1.165, 1.54) is 24.3 Å². The van der Waals surface area contributed by atoms with Crippen LogP contribution in [0.25, 0.3) is 0 Å². The van der Waals surface area contributed by atoms with E-state index in [1.54, 1.807) is 0 Å². The van der Waals surface area contributed by atoms with Crippen molar-refractivity contribution in [2.75, 3.05) is 5.32 Å². The predicted molar refractivity (Wildman–Crippen MR) is 114 cm³/mol. The second-order valence-corrected chi connectivity index (χ2v) is 8.33. The molecule has 1 fully saturated rings. The van der Waals surface area contributed by atoms with Crippen LogP contribution >= 0.6 is 11.6 Å². The molecule has 1 unspecified atom stereocenters. The van der Waals surface area contributed by atoms with Crippen molar-refractivity contribution >= 4 is 46.9 Å². The lowest BCUT2D eigenvalue weighted by Crippen LogP contribution is -2.96. The lowest BCUT2D eigenvalue weighted by atomic mass is 10.0. The van der Waals surface area contributed by atoms with Gasteiger partial charge in [-0.3, -0.25) is 14.5 Å². The van der Waals surface area contributed by atoms with Gasteiger partial charge in [0.2, 0.25) is 0 Å². The molecule has 4 N–H and O–H groups in total. The van der Waals surface area contributed by atoms with E-state index in [1.807, 2.05) is 0 Å². The van der Waals surface area contributed by atoms with Crippen LogP contribution in [-0.2, 0) is 22.3 Å². The van der Waals surface area contributed by atoms with Crippen molar-refractivity contribution in [3.8, 4) is 0 Å². The molecular formula is C22H17ClF3N4O5+. The Morgan fingerprint density at radius 2 is 1.77 bits per heavy atom. The number of carbonyl (C=O) groups excluding carboxylic acids is 5. The van der Waals surface area contributed by atoms with Crippen LogP contribution in [0.1, 0.15) is 44.7 Å². The molecule has 2 aliphatic heterocycles. The smallest absolute Gasteiger partial charge is 0.334 e. The number of hydrogen-bond donors (Lipinski definition) is 3. The number of fused-ring (bicyclic) bond motifs is 1. The summed E-state index contributed by atoms with van der Waals surface area (Å²) in [5.74, 6) is -2.29. The van der Waals surface area contributed by atoms with Crippen LogP contribution in [0.15, 0.2) is 36.4 Å². The third kappa shape index (κ3) is 4.88. The molecule has 182 valence electrons. The van der Waals surface area contributed by atoms with Gasteiger partial charge in [0.1, 0.15) is 0 Å². The summed E-state index contributed by atoms with van der Waals surface area (Å²) in [6.07, 6.45) is -4.59. The third-order valence-corrected chi connectivity index (χ3v) is 5.90. The molecule has 35 heavy (non-hydrogen) atoms. The van der Waals surface area contributed by atoms with Gasteiger partial charge in [-0.05, 0) is 42.3 Å². The van der Waals surface area contributed by atoms with Gasteiger partial charge in [-0.15, -0.1) is 0 Å². The minimum Gasteiger partial charge on any atom is -0.334 e. The Labute approximate surface area is 200 Å². The molecule has 6 amide bonds. The highest BCUT2D eigenvalue weighted by molar-refractivity contribution is 6.31. The number of anilines is 1. The minimum atomic E-state index is -4.69. The van der Waals surface area contributed by atoms with Crippen LogP contribution < -0.4 is 16.0 Å². The van der Waals surface area contributed by atoms with Crippen molar-refractivity contribution in [1.29, 1.82) is 0 Å². The molecule has 4 rings (SSSR count). The normalized spacial score (nSPS) is 18.1. The Morgan fingerprint density at radius 3 is 2.46 bits per heavy atom. The molecule has 2 aromatic carbocycles. The topological polar surface area (TPSA) is 129 Å². The molecule has 0 aliphatic carbocycles. The number of primary amides is 2. The summed E-state index contributed by atoms with van der Waals surface area (Å²) in [4.78, 5) is 62.2. The first-order valence-electron chi connectivity index (χ1n) is 10.3. The summed E-state index contributed by atoms with van der Waals surface area (Å²) < 4.78 is 39.0. The first-order chi connectivity index (χ1) is 16.5. The Kier molecular flexibility index (Phi) is 6.34. The maximum atomic E-state index is 13.0. The number of hydrogen-bond acceptors (Lipinski definition) is 5. The number of imide groups is 2. The van der Waals surface area contributed by atoms with E-state index in [9.17, 15) is 37.1 Å². The molecule has 0 radical (unpaired) electrons. The van der Waals surface area contributed by atoms with E-state index in [2.05, 4.69) is 10.6 Å². The number of nitrogens with zero attached hydrogens (tertiary/aromatic N) is 1. The van der Waals surface area contributed by atoms with Gasteiger partial charge in [-0.1, -0.05) is 17.7 Å². The number of rotatable bonds is 4. The Morgan fingerprint density at radius 1 is 1.06 bits per heavy atom.